The normalized spacial score (nSPS) is 12.1. The van der Waals surface area contributed by atoms with Crippen molar-refractivity contribution in [1.29, 1.82) is 0 Å². The minimum atomic E-state index is -3.51. The summed E-state index contributed by atoms with van der Waals surface area (Å²) in [5.74, 6) is 0. The van der Waals surface area contributed by atoms with Gasteiger partial charge >= 0.3 is 0 Å². The topological polar surface area (TPSA) is 50.3 Å². The summed E-state index contributed by atoms with van der Waals surface area (Å²) in [6.45, 7) is 3.97. The third-order valence-corrected chi connectivity index (χ3v) is 6.15. The summed E-state index contributed by atoms with van der Waals surface area (Å²) in [6.07, 6.45) is 0. The Labute approximate surface area is 131 Å². The molecule has 0 bridgehead atoms. The largest absolute Gasteiger partial charge is 0.245 e. The summed E-state index contributed by atoms with van der Waals surface area (Å²) in [7, 11) is -1.94. The van der Waals surface area contributed by atoms with E-state index in [9.17, 15) is 8.42 Å². The maximum atomic E-state index is 12.6. The molecule has 7 heteroatoms. The number of aryl methyl sites for hydroxylation is 2. The second-order valence-corrected chi connectivity index (χ2v) is 8.52. The van der Waals surface area contributed by atoms with E-state index >= 15 is 0 Å². The molecule has 0 amide bonds. The predicted octanol–water partition coefficient (Wildman–Crippen LogP) is 3.34. The lowest BCUT2D eigenvalue weighted by molar-refractivity contribution is 0.462. The van der Waals surface area contributed by atoms with Gasteiger partial charge in [-0.2, -0.15) is 4.31 Å². The molecular formula is C13H15BrN2O2S2. The van der Waals surface area contributed by atoms with Crippen LogP contribution in [-0.2, 0) is 16.6 Å². The van der Waals surface area contributed by atoms with E-state index in [0.29, 0.717) is 4.90 Å². The molecule has 0 spiro atoms. The van der Waals surface area contributed by atoms with E-state index in [1.54, 1.807) is 26.1 Å². The number of sulfonamides is 1. The fourth-order valence-corrected chi connectivity index (χ4v) is 4.32. The smallest absolute Gasteiger partial charge is 0.243 e. The van der Waals surface area contributed by atoms with Gasteiger partial charge in [0.05, 0.1) is 22.1 Å². The van der Waals surface area contributed by atoms with Crippen LogP contribution in [0.25, 0.3) is 0 Å². The molecule has 0 saturated heterocycles. The van der Waals surface area contributed by atoms with Crippen molar-refractivity contribution < 1.29 is 8.42 Å². The summed E-state index contributed by atoms with van der Waals surface area (Å²) in [4.78, 5) is 4.62. The molecule has 20 heavy (non-hydrogen) atoms. The first-order valence-electron chi connectivity index (χ1n) is 5.94. The van der Waals surface area contributed by atoms with Gasteiger partial charge in [0.15, 0.2) is 0 Å². The van der Waals surface area contributed by atoms with Gasteiger partial charge in [-0.3, -0.25) is 0 Å². The van der Waals surface area contributed by atoms with E-state index in [-0.39, 0.29) is 6.54 Å². The lowest BCUT2D eigenvalue weighted by Gasteiger charge is -2.17. The Bertz CT molecular complexity index is 726. The van der Waals surface area contributed by atoms with E-state index in [1.807, 2.05) is 18.4 Å². The second-order valence-electron chi connectivity index (χ2n) is 4.53. The molecule has 4 nitrogen and oxygen atoms in total. The van der Waals surface area contributed by atoms with E-state index in [1.165, 1.54) is 15.6 Å². The predicted molar refractivity (Wildman–Crippen MR) is 84.4 cm³/mol. The van der Waals surface area contributed by atoms with Crippen molar-refractivity contribution in [3.63, 3.8) is 0 Å². The first-order chi connectivity index (χ1) is 9.30. The maximum Gasteiger partial charge on any atom is 0.243 e. The SMILES string of the molecule is Cc1nc(CN(C)S(=O)(=O)c2cc(Br)ccc2C)cs1. The average molecular weight is 375 g/mol. The first kappa shape index (κ1) is 15.6. The highest BCUT2D eigenvalue weighted by molar-refractivity contribution is 9.10. The molecule has 0 N–H and O–H groups in total. The zero-order valence-electron chi connectivity index (χ0n) is 11.4. The molecule has 0 saturated carbocycles. The van der Waals surface area contributed by atoms with Crippen molar-refractivity contribution in [2.45, 2.75) is 25.3 Å². The molecule has 0 aliphatic rings. The molecule has 0 unspecified atom stereocenters. The molecule has 2 aromatic rings. The number of aromatic nitrogens is 1. The van der Waals surface area contributed by atoms with Crippen LogP contribution in [0.5, 0.6) is 0 Å². The Balaban J connectivity index is 2.32. The first-order valence-corrected chi connectivity index (χ1v) is 9.05. The Kier molecular flexibility index (Phi) is 4.63. The molecule has 1 aromatic heterocycles. The minimum absolute atomic E-state index is 0.276. The lowest BCUT2D eigenvalue weighted by Crippen LogP contribution is -2.27. The van der Waals surface area contributed by atoms with Crippen LogP contribution in [0, 0.1) is 13.8 Å². The highest BCUT2D eigenvalue weighted by atomic mass is 79.9. The third-order valence-electron chi connectivity index (χ3n) is 2.89. The Morgan fingerprint density at radius 1 is 1.35 bits per heavy atom. The Hall–Kier alpha value is -0.760. The molecule has 0 radical (unpaired) electrons. The van der Waals surface area contributed by atoms with Crippen LogP contribution < -0.4 is 0 Å². The van der Waals surface area contributed by atoms with Gasteiger partial charge in [0.1, 0.15) is 0 Å². The summed E-state index contributed by atoms with van der Waals surface area (Å²) in [5, 5.41) is 2.82. The van der Waals surface area contributed by atoms with Crippen LogP contribution in [0.1, 0.15) is 16.3 Å². The minimum Gasteiger partial charge on any atom is -0.245 e. The highest BCUT2D eigenvalue weighted by Gasteiger charge is 2.23. The average Bonchev–Trinajstić information content (AvgIpc) is 2.77. The Morgan fingerprint density at radius 3 is 2.65 bits per heavy atom. The Morgan fingerprint density at radius 2 is 2.05 bits per heavy atom. The van der Waals surface area contributed by atoms with Gasteiger partial charge in [0.25, 0.3) is 0 Å². The third kappa shape index (κ3) is 3.28. The van der Waals surface area contributed by atoms with Gasteiger partial charge in [-0.05, 0) is 31.5 Å². The van der Waals surface area contributed by atoms with Crippen LogP contribution >= 0.6 is 27.3 Å². The van der Waals surface area contributed by atoms with E-state index < -0.39 is 10.0 Å². The highest BCUT2D eigenvalue weighted by Crippen LogP contribution is 2.24. The molecule has 1 aromatic carbocycles. The van der Waals surface area contributed by atoms with Gasteiger partial charge in [-0.15, -0.1) is 11.3 Å². The molecule has 0 aliphatic heterocycles. The molecule has 0 atom stereocenters. The fraction of sp³-hybridized carbons (Fsp3) is 0.308. The number of thiazole rings is 1. The molecular weight excluding hydrogens is 360 g/mol. The van der Waals surface area contributed by atoms with E-state index in [4.69, 9.17) is 0 Å². The number of hydrogen-bond donors (Lipinski definition) is 0. The van der Waals surface area contributed by atoms with Crippen LogP contribution in [-0.4, -0.2) is 24.8 Å². The lowest BCUT2D eigenvalue weighted by atomic mass is 10.2. The zero-order valence-corrected chi connectivity index (χ0v) is 14.6. The van der Waals surface area contributed by atoms with Crippen LogP contribution in [0.2, 0.25) is 0 Å². The van der Waals surface area contributed by atoms with Crippen molar-refractivity contribution >= 4 is 37.3 Å². The number of benzene rings is 1. The van der Waals surface area contributed by atoms with Gasteiger partial charge < -0.3 is 0 Å². The van der Waals surface area contributed by atoms with Crippen molar-refractivity contribution in [1.82, 2.24) is 9.29 Å². The molecule has 2 rings (SSSR count). The van der Waals surface area contributed by atoms with Gasteiger partial charge in [-0.1, -0.05) is 22.0 Å². The van der Waals surface area contributed by atoms with Gasteiger partial charge in [0.2, 0.25) is 10.0 Å². The summed E-state index contributed by atoms with van der Waals surface area (Å²) in [5.41, 5.74) is 1.50. The number of hydrogen-bond acceptors (Lipinski definition) is 4. The summed E-state index contributed by atoms with van der Waals surface area (Å²) < 4.78 is 27.3. The fourth-order valence-electron chi connectivity index (χ4n) is 1.81. The van der Waals surface area contributed by atoms with E-state index in [0.717, 1.165) is 20.7 Å². The number of nitrogens with zero attached hydrogens (tertiary/aromatic N) is 2. The van der Waals surface area contributed by atoms with Crippen molar-refractivity contribution in [2.24, 2.45) is 0 Å². The second kappa shape index (κ2) is 5.93. The molecule has 1 heterocycles. The van der Waals surface area contributed by atoms with E-state index in [2.05, 4.69) is 20.9 Å². The van der Waals surface area contributed by atoms with Crippen molar-refractivity contribution in [3.05, 3.63) is 44.3 Å². The van der Waals surface area contributed by atoms with Crippen molar-refractivity contribution in [3.8, 4) is 0 Å². The summed E-state index contributed by atoms with van der Waals surface area (Å²) in [6, 6.07) is 5.25. The van der Waals surface area contributed by atoms with Gasteiger partial charge in [-0.25, -0.2) is 13.4 Å². The number of rotatable bonds is 4. The molecule has 108 valence electrons. The number of halogens is 1. The monoisotopic (exact) mass is 374 g/mol. The zero-order chi connectivity index (χ0) is 14.9. The van der Waals surface area contributed by atoms with Gasteiger partial charge in [0, 0.05) is 16.9 Å². The quantitative estimate of drug-likeness (QED) is 0.824. The molecule has 0 fully saturated rings. The summed E-state index contributed by atoms with van der Waals surface area (Å²) >= 11 is 4.83. The molecule has 0 aliphatic carbocycles. The standard InChI is InChI=1S/C13H15BrN2O2S2/c1-9-4-5-11(14)6-13(9)20(17,18)16(3)7-12-8-19-10(2)15-12/h4-6,8H,7H2,1-3H3. The van der Waals surface area contributed by atoms with Crippen molar-refractivity contribution in [2.75, 3.05) is 7.05 Å². The maximum absolute atomic E-state index is 12.6. The van der Waals surface area contributed by atoms with Crippen LogP contribution in [0.15, 0.2) is 32.9 Å². The van der Waals surface area contributed by atoms with Crippen LogP contribution in [0.3, 0.4) is 0 Å². The van der Waals surface area contributed by atoms with Crippen LogP contribution in [0.4, 0.5) is 0 Å².